The molecule has 6 nitrogen and oxygen atoms in total. The van der Waals surface area contributed by atoms with E-state index >= 15 is 0 Å². The number of carbonyl (C=O) groups is 1. The van der Waals surface area contributed by atoms with Crippen molar-refractivity contribution in [1.82, 2.24) is 4.98 Å². The number of benzene rings is 1. The number of pyridine rings is 1. The van der Waals surface area contributed by atoms with Crippen LogP contribution in [0.15, 0.2) is 54.0 Å². The van der Waals surface area contributed by atoms with Gasteiger partial charge in [-0.25, -0.2) is 4.98 Å². The van der Waals surface area contributed by atoms with Crippen LogP contribution in [0.1, 0.15) is 47.2 Å². The summed E-state index contributed by atoms with van der Waals surface area (Å²) in [4.78, 5) is 23.1. The molecule has 1 N–H and O–H groups in total. The Kier molecular flexibility index (Phi) is 7.07. The van der Waals surface area contributed by atoms with Gasteiger partial charge in [0, 0.05) is 49.5 Å². The number of hydrogen-bond acceptors (Lipinski definition) is 6. The van der Waals surface area contributed by atoms with Crippen molar-refractivity contribution < 1.29 is 9.53 Å². The number of thiophene rings is 1. The lowest BCUT2D eigenvalue weighted by atomic mass is 10.1. The molecule has 0 aliphatic carbocycles. The van der Waals surface area contributed by atoms with Crippen molar-refractivity contribution in [3.05, 3.63) is 70.0 Å². The van der Waals surface area contributed by atoms with Crippen molar-refractivity contribution in [3.8, 4) is 0 Å². The summed E-state index contributed by atoms with van der Waals surface area (Å²) < 4.78 is 6.21. The second-order valence-electron chi connectivity index (χ2n) is 7.89. The lowest BCUT2D eigenvalue weighted by Crippen LogP contribution is -2.33. The molecule has 0 saturated heterocycles. The van der Waals surface area contributed by atoms with E-state index in [2.05, 4.69) is 51.8 Å². The van der Waals surface area contributed by atoms with Crippen LogP contribution in [0.5, 0.6) is 0 Å². The van der Waals surface area contributed by atoms with Gasteiger partial charge >= 0.3 is 0 Å². The van der Waals surface area contributed by atoms with Gasteiger partial charge in [0.05, 0.1) is 24.0 Å². The maximum absolute atomic E-state index is 13.4. The van der Waals surface area contributed by atoms with Gasteiger partial charge in [0.1, 0.15) is 5.82 Å². The van der Waals surface area contributed by atoms with E-state index in [0.717, 1.165) is 42.3 Å². The smallest absolute Gasteiger partial charge is 0.262 e. The van der Waals surface area contributed by atoms with Crippen molar-refractivity contribution in [2.45, 2.75) is 33.0 Å². The Morgan fingerprint density at radius 3 is 2.81 bits per heavy atom. The summed E-state index contributed by atoms with van der Waals surface area (Å²) >= 11 is 1.72. The first-order valence-corrected chi connectivity index (χ1v) is 12.0. The molecule has 0 fully saturated rings. The summed E-state index contributed by atoms with van der Waals surface area (Å²) in [5.41, 5.74) is 3.47. The highest BCUT2D eigenvalue weighted by Crippen LogP contribution is 2.30. The molecule has 1 aliphatic heterocycles. The van der Waals surface area contributed by atoms with Gasteiger partial charge in [-0.2, -0.15) is 0 Å². The number of hydrogen-bond donors (Lipinski definition) is 1. The van der Waals surface area contributed by atoms with Crippen molar-refractivity contribution in [2.75, 3.05) is 41.8 Å². The average molecular weight is 451 g/mol. The van der Waals surface area contributed by atoms with Crippen molar-refractivity contribution in [3.63, 3.8) is 0 Å². The molecule has 1 unspecified atom stereocenters. The van der Waals surface area contributed by atoms with E-state index in [1.165, 1.54) is 4.88 Å². The molecule has 0 bridgehead atoms. The van der Waals surface area contributed by atoms with Crippen LogP contribution in [0.25, 0.3) is 0 Å². The number of amides is 1. The van der Waals surface area contributed by atoms with Gasteiger partial charge in [0.15, 0.2) is 0 Å². The topological polar surface area (TPSA) is 57.7 Å². The van der Waals surface area contributed by atoms with Crippen LogP contribution in [0.2, 0.25) is 0 Å². The summed E-state index contributed by atoms with van der Waals surface area (Å²) in [6, 6.07) is 14.2. The Morgan fingerprint density at radius 2 is 2.06 bits per heavy atom. The first-order chi connectivity index (χ1) is 15.6. The largest absolute Gasteiger partial charge is 0.372 e. The number of rotatable bonds is 8. The molecule has 168 valence electrons. The first kappa shape index (κ1) is 22.3. The molecule has 0 spiro atoms. The molecule has 32 heavy (non-hydrogen) atoms. The highest BCUT2D eigenvalue weighted by Gasteiger charge is 2.27. The molecule has 1 aromatic carbocycles. The van der Waals surface area contributed by atoms with Crippen LogP contribution in [-0.4, -0.2) is 37.6 Å². The Morgan fingerprint density at radius 1 is 1.19 bits per heavy atom. The third kappa shape index (κ3) is 4.79. The fourth-order valence-electron chi connectivity index (χ4n) is 3.95. The summed E-state index contributed by atoms with van der Waals surface area (Å²) in [5.74, 6) is 0.762. The summed E-state index contributed by atoms with van der Waals surface area (Å²) in [7, 11) is 2.02. The number of anilines is 3. The highest BCUT2D eigenvalue weighted by molar-refractivity contribution is 7.10. The van der Waals surface area contributed by atoms with Gasteiger partial charge in [0.2, 0.25) is 0 Å². The second-order valence-corrected chi connectivity index (χ2v) is 8.87. The number of aromatic nitrogens is 1. The van der Waals surface area contributed by atoms with Crippen LogP contribution >= 0.6 is 11.3 Å². The minimum Gasteiger partial charge on any atom is -0.372 e. The van der Waals surface area contributed by atoms with Gasteiger partial charge in [-0.15, -0.1) is 11.3 Å². The Bertz CT molecular complexity index is 1050. The molecule has 4 rings (SSSR count). The van der Waals surface area contributed by atoms with E-state index in [9.17, 15) is 4.79 Å². The predicted octanol–water partition coefficient (Wildman–Crippen LogP) is 5.34. The summed E-state index contributed by atoms with van der Waals surface area (Å²) in [6.07, 6.45) is 2.70. The van der Waals surface area contributed by atoms with E-state index < -0.39 is 0 Å². The number of nitrogens with zero attached hydrogens (tertiary/aromatic N) is 3. The summed E-state index contributed by atoms with van der Waals surface area (Å²) in [5, 5.41) is 5.31. The molecular formula is C25H30N4O2S. The molecule has 3 aromatic rings. The van der Waals surface area contributed by atoms with E-state index in [-0.39, 0.29) is 12.0 Å². The quantitative estimate of drug-likeness (QED) is 0.502. The second kappa shape index (κ2) is 10.1. The molecule has 3 heterocycles. The standard InChI is InChI=1S/C25H30N4O2S/c1-4-22(23-10-7-13-32-23)31-17-18-8-6-9-19(14-18)29-12-11-28(3)21-15-24(26-5-2)27-16-20(21)25(29)30/h6-10,13-16,22H,4-5,11-12,17H2,1-3H3,(H,26,27). The zero-order valence-electron chi connectivity index (χ0n) is 18.9. The van der Waals surface area contributed by atoms with E-state index in [4.69, 9.17) is 4.74 Å². The normalized spacial score (nSPS) is 14.8. The van der Waals surface area contributed by atoms with E-state index in [0.29, 0.717) is 18.7 Å². The van der Waals surface area contributed by atoms with Gasteiger partial charge in [-0.05, 0) is 42.5 Å². The summed E-state index contributed by atoms with van der Waals surface area (Å²) in [6.45, 7) is 6.82. The van der Waals surface area contributed by atoms with Crippen LogP contribution in [-0.2, 0) is 11.3 Å². The van der Waals surface area contributed by atoms with Crippen molar-refractivity contribution >= 4 is 34.4 Å². The van der Waals surface area contributed by atoms with Crippen LogP contribution in [0, 0.1) is 0 Å². The Labute approximate surface area is 193 Å². The molecule has 1 atom stereocenters. The zero-order valence-corrected chi connectivity index (χ0v) is 19.7. The monoisotopic (exact) mass is 450 g/mol. The zero-order chi connectivity index (χ0) is 22.5. The Balaban J connectivity index is 1.54. The first-order valence-electron chi connectivity index (χ1n) is 11.1. The molecule has 0 saturated carbocycles. The molecular weight excluding hydrogens is 420 g/mol. The highest BCUT2D eigenvalue weighted by atomic mass is 32.1. The van der Waals surface area contributed by atoms with Crippen molar-refractivity contribution in [2.24, 2.45) is 0 Å². The molecule has 1 amide bonds. The van der Waals surface area contributed by atoms with Gasteiger partial charge in [0.25, 0.3) is 5.91 Å². The average Bonchev–Trinajstić information content (AvgIpc) is 3.31. The number of likely N-dealkylation sites (N-methyl/N-ethyl adjacent to an activating group) is 1. The fraction of sp³-hybridized carbons (Fsp3) is 0.360. The third-order valence-electron chi connectivity index (χ3n) is 5.69. The molecule has 7 heteroatoms. The lowest BCUT2D eigenvalue weighted by Gasteiger charge is -2.22. The van der Waals surface area contributed by atoms with E-state index in [1.807, 2.05) is 37.1 Å². The minimum atomic E-state index is -0.0250. The van der Waals surface area contributed by atoms with Gasteiger partial charge in [-0.1, -0.05) is 25.1 Å². The number of nitrogens with one attached hydrogen (secondary N) is 1. The Hall–Kier alpha value is -2.90. The van der Waals surface area contributed by atoms with Crippen LogP contribution < -0.4 is 15.1 Å². The van der Waals surface area contributed by atoms with Crippen LogP contribution in [0.3, 0.4) is 0 Å². The van der Waals surface area contributed by atoms with Crippen LogP contribution in [0.4, 0.5) is 17.2 Å². The fourth-order valence-corrected chi connectivity index (χ4v) is 4.81. The molecule has 2 aromatic heterocycles. The maximum Gasteiger partial charge on any atom is 0.262 e. The number of ether oxygens (including phenoxy) is 1. The lowest BCUT2D eigenvalue weighted by molar-refractivity contribution is 0.0395. The third-order valence-corrected chi connectivity index (χ3v) is 6.65. The number of fused-ring (bicyclic) bond motifs is 1. The van der Waals surface area contributed by atoms with Gasteiger partial charge in [-0.3, -0.25) is 4.79 Å². The van der Waals surface area contributed by atoms with Crippen molar-refractivity contribution in [1.29, 1.82) is 0 Å². The number of carbonyl (C=O) groups excluding carboxylic acids is 1. The van der Waals surface area contributed by atoms with E-state index in [1.54, 1.807) is 17.5 Å². The predicted molar refractivity (Wildman–Crippen MR) is 132 cm³/mol. The molecule has 1 aliphatic rings. The minimum absolute atomic E-state index is 0.0250. The van der Waals surface area contributed by atoms with Gasteiger partial charge < -0.3 is 19.9 Å². The maximum atomic E-state index is 13.4. The molecule has 0 radical (unpaired) electrons. The SMILES string of the molecule is CCNc1cc2c(cn1)C(=O)N(c1cccc(COC(CC)c3cccs3)c1)CCN2C.